The molecule has 1 aromatic rings. The Balaban J connectivity index is 1.66. The molecule has 0 unspecified atom stereocenters. The van der Waals surface area contributed by atoms with Crippen molar-refractivity contribution in [1.82, 2.24) is 15.1 Å². The Morgan fingerprint density at radius 2 is 2.05 bits per heavy atom. The third-order valence-corrected chi connectivity index (χ3v) is 4.48. The van der Waals surface area contributed by atoms with Crippen LogP contribution < -0.4 is 5.32 Å². The first-order valence-corrected chi connectivity index (χ1v) is 8.40. The number of thiophene rings is 1. The maximum Gasteiger partial charge on any atom is 0.264 e. The smallest absolute Gasteiger partial charge is 0.264 e. The topological polar surface area (TPSA) is 52.7 Å². The van der Waals surface area contributed by atoms with E-state index in [4.69, 9.17) is 0 Å². The average molecular weight is 309 g/mol. The Kier molecular flexibility index (Phi) is 6.20. The monoisotopic (exact) mass is 309 g/mol. The predicted octanol–water partition coefficient (Wildman–Crippen LogP) is 1.42. The Bertz CT molecular complexity index is 453. The van der Waals surface area contributed by atoms with Crippen LogP contribution in [0.15, 0.2) is 17.5 Å². The fourth-order valence-corrected chi connectivity index (χ4v) is 3.09. The number of carbonyl (C=O) groups excluding carboxylic acids is 2. The molecule has 1 saturated heterocycles. The van der Waals surface area contributed by atoms with Crippen LogP contribution in [0, 0.1) is 0 Å². The van der Waals surface area contributed by atoms with Crippen LogP contribution in [0.2, 0.25) is 0 Å². The quantitative estimate of drug-likeness (QED) is 0.865. The van der Waals surface area contributed by atoms with Crippen LogP contribution in [0.5, 0.6) is 0 Å². The lowest BCUT2D eigenvalue weighted by Crippen LogP contribution is -2.50. The van der Waals surface area contributed by atoms with Crippen molar-refractivity contribution in [2.45, 2.75) is 19.8 Å². The third kappa shape index (κ3) is 4.82. The van der Waals surface area contributed by atoms with Crippen LogP contribution in [0.3, 0.4) is 0 Å². The van der Waals surface area contributed by atoms with E-state index in [1.807, 2.05) is 29.3 Å². The molecule has 5 nitrogen and oxygen atoms in total. The number of nitrogens with one attached hydrogen (secondary N) is 1. The number of hydrogen-bond acceptors (Lipinski definition) is 4. The summed E-state index contributed by atoms with van der Waals surface area (Å²) in [4.78, 5) is 28.6. The molecule has 0 radical (unpaired) electrons. The molecule has 1 aromatic heterocycles. The van der Waals surface area contributed by atoms with Crippen molar-refractivity contribution in [2.75, 3.05) is 39.3 Å². The standard InChI is InChI=1S/C15H23N3O2S/c1-2-4-14(19)16-6-7-17-8-10-18(11-9-17)15(20)13-5-3-12-21-13/h3,5,12H,2,4,6-11H2,1H3,(H,16,19). The van der Waals surface area contributed by atoms with Crippen LogP contribution >= 0.6 is 11.3 Å². The first-order valence-electron chi connectivity index (χ1n) is 7.52. The lowest BCUT2D eigenvalue weighted by molar-refractivity contribution is -0.121. The van der Waals surface area contributed by atoms with Crippen molar-refractivity contribution >= 4 is 23.2 Å². The summed E-state index contributed by atoms with van der Waals surface area (Å²) in [5.41, 5.74) is 0. The van der Waals surface area contributed by atoms with Gasteiger partial charge in [0, 0.05) is 45.7 Å². The van der Waals surface area contributed by atoms with Crippen molar-refractivity contribution in [3.63, 3.8) is 0 Å². The molecule has 0 aliphatic carbocycles. The normalized spacial score (nSPS) is 16.0. The highest BCUT2D eigenvalue weighted by Gasteiger charge is 2.22. The van der Waals surface area contributed by atoms with E-state index in [9.17, 15) is 9.59 Å². The lowest BCUT2D eigenvalue weighted by atomic mass is 10.3. The predicted molar refractivity (Wildman–Crippen MR) is 84.6 cm³/mol. The summed E-state index contributed by atoms with van der Waals surface area (Å²) in [7, 11) is 0. The molecule has 0 spiro atoms. The summed E-state index contributed by atoms with van der Waals surface area (Å²) < 4.78 is 0. The van der Waals surface area contributed by atoms with Gasteiger partial charge in [0.25, 0.3) is 5.91 Å². The molecule has 21 heavy (non-hydrogen) atoms. The molecule has 1 fully saturated rings. The second kappa shape index (κ2) is 8.14. The van der Waals surface area contributed by atoms with Gasteiger partial charge in [-0.25, -0.2) is 0 Å². The first-order chi connectivity index (χ1) is 10.2. The largest absolute Gasteiger partial charge is 0.355 e. The molecule has 1 aliphatic rings. The second-order valence-electron chi connectivity index (χ2n) is 5.21. The molecule has 0 saturated carbocycles. The van der Waals surface area contributed by atoms with Gasteiger partial charge < -0.3 is 10.2 Å². The summed E-state index contributed by atoms with van der Waals surface area (Å²) in [6, 6.07) is 3.79. The number of carbonyl (C=O) groups is 2. The van der Waals surface area contributed by atoms with E-state index in [1.54, 1.807) is 0 Å². The van der Waals surface area contributed by atoms with Gasteiger partial charge in [-0.2, -0.15) is 0 Å². The Hall–Kier alpha value is -1.40. The van der Waals surface area contributed by atoms with Gasteiger partial charge in [-0.15, -0.1) is 11.3 Å². The van der Waals surface area contributed by atoms with Gasteiger partial charge in [-0.1, -0.05) is 13.0 Å². The van der Waals surface area contributed by atoms with Crippen molar-refractivity contribution < 1.29 is 9.59 Å². The molecule has 1 N–H and O–H groups in total. The van der Waals surface area contributed by atoms with E-state index in [2.05, 4.69) is 10.2 Å². The van der Waals surface area contributed by atoms with E-state index in [0.29, 0.717) is 13.0 Å². The zero-order chi connectivity index (χ0) is 15.1. The number of amides is 2. The second-order valence-corrected chi connectivity index (χ2v) is 6.16. The summed E-state index contributed by atoms with van der Waals surface area (Å²) in [5.74, 6) is 0.268. The van der Waals surface area contributed by atoms with Crippen LogP contribution in [-0.2, 0) is 4.79 Å². The van der Waals surface area contributed by atoms with Crippen molar-refractivity contribution in [3.05, 3.63) is 22.4 Å². The van der Waals surface area contributed by atoms with Crippen LogP contribution in [-0.4, -0.2) is 60.9 Å². The van der Waals surface area contributed by atoms with Gasteiger partial charge in [0.1, 0.15) is 0 Å². The summed E-state index contributed by atoms with van der Waals surface area (Å²) in [5, 5.41) is 4.86. The summed E-state index contributed by atoms with van der Waals surface area (Å²) in [6.07, 6.45) is 1.48. The van der Waals surface area contributed by atoms with Gasteiger partial charge in [-0.3, -0.25) is 14.5 Å². The molecule has 0 atom stereocenters. The summed E-state index contributed by atoms with van der Waals surface area (Å²) >= 11 is 1.49. The van der Waals surface area contributed by atoms with Gasteiger partial charge in [-0.05, 0) is 17.9 Å². The molecular weight excluding hydrogens is 286 g/mol. The highest BCUT2D eigenvalue weighted by atomic mass is 32.1. The highest BCUT2D eigenvalue weighted by Crippen LogP contribution is 2.13. The highest BCUT2D eigenvalue weighted by molar-refractivity contribution is 7.12. The molecule has 2 rings (SSSR count). The van der Waals surface area contributed by atoms with Gasteiger partial charge in [0.15, 0.2) is 0 Å². The zero-order valence-corrected chi connectivity index (χ0v) is 13.3. The Morgan fingerprint density at radius 3 is 2.67 bits per heavy atom. The van der Waals surface area contributed by atoms with Gasteiger partial charge in [0.05, 0.1) is 4.88 Å². The molecular formula is C15H23N3O2S. The minimum atomic E-state index is 0.129. The van der Waals surface area contributed by atoms with Crippen molar-refractivity contribution in [3.8, 4) is 0 Å². The fourth-order valence-electron chi connectivity index (χ4n) is 2.40. The number of rotatable bonds is 6. The first kappa shape index (κ1) is 16.0. The Labute approximate surface area is 129 Å². The molecule has 0 aromatic carbocycles. The fraction of sp³-hybridized carbons (Fsp3) is 0.600. The van der Waals surface area contributed by atoms with E-state index < -0.39 is 0 Å². The van der Waals surface area contributed by atoms with E-state index in [-0.39, 0.29) is 11.8 Å². The van der Waals surface area contributed by atoms with E-state index in [0.717, 1.165) is 44.0 Å². The minimum Gasteiger partial charge on any atom is -0.355 e. The molecule has 116 valence electrons. The molecule has 6 heteroatoms. The molecule has 0 bridgehead atoms. The van der Waals surface area contributed by atoms with Crippen molar-refractivity contribution in [2.24, 2.45) is 0 Å². The van der Waals surface area contributed by atoms with Crippen LogP contribution in [0.25, 0.3) is 0 Å². The molecule has 2 amide bonds. The molecule has 1 aliphatic heterocycles. The Morgan fingerprint density at radius 1 is 1.29 bits per heavy atom. The van der Waals surface area contributed by atoms with Gasteiger partial charge in [0.2, 0.25) is 5.91 Å². The number of nitrogens with zero attached hydrogens (tertiary/aromatic N) is 2. The molecule has 2 heterocycles. The lowest BCUT2D eigenvalue weighted by Gasteiger charge is -2.34. The van der Waals surface area contributed by atoms with E-state index in [1.165, 1.54) is 11.3 Å². The average Bonchev–Trinajstić information content (AvgIpc) is 3.02. The van der Waals surface area contributed by atoms with Crippen LogP contribution in [0.1, 0.15) is 29.4 Å². The number of piperazine rings is 1. The number of hydrogen-bond donors (Lipinski definition) is 1. The van der Waals surface area contributed by atoms with E-state index >= 15 is 0 Å². The summed E-state index contributed by atoms with van der Waals surface area (Å²) in [6.45, 7) is 6.83. The van der Waals surface area contributed by atoms with Crippen molar-refractivity contribution in [1.29, 1.82) is 0 Å². The van der Waals surface area contributed by atoms with Gasteiger partial charge >= 0.3 is 0 Å². The zero-order valence-electron chi connectivity index (χ0n) is 12.5. The maximum absolute atomic E-state index is 12.2. The SMILES string of the molecule is CCCC(=O)NCCN1CCN(C(=O)c2cccs2)CC1. The van der Waals surface area contributed by atoms with Crippen LogP contribution in [0.4, 0.5) is 0 Å². The third-order valence-electron chi connectivity index (χ3n) is 3.62. The minimum absolute atomic E-state index is 0.129. The maximum atomic E-state index is 12.2.